The maximum atomic E-state index is 12.3. The van der Waals surface area contributed by atoms with Crippen LogP contribution in [0.15, 0.2) is 18.6 Å². The second kappa shape index (κ2) is 7.81. The number of morpholine rings is 1. The van der Waals surface area contributed by atoms with Crippen molar-refractivity contribution in [3.63, 3.8) is 0 Å². The Balaban J connectivity index is 1.66. The van der Waals surface area contributed by atoms with Gasteiger partial charge in [-0.3, -0.25) is 14.7 Å². The Bertz CT molecular complexity index is 507. The molecular weight excluding hydrogens is 296 g/mol. The van der Waals surface area contributed by atoms with E-state index < -0.39 is 6.10 Å². The van der Waals surface area contributed by atoms with Gasteiger partial charge in [-0.1, -0.05) is 12.8 Å². The van der Waals surface area contributed by atoms with E-state index >= 15 is 0 Å². The molecular formula is C16H24N4O3. The zero-order valence-electron chi connectivity index (χ0n) is 13.2. The number of nitrogens with one attached hydrogen (secondary N) is 1. The van der Waals surface area contributed by atoms with Crippen LogP contribution in [0.25, 0.3) is 0 Å². The number of hydrogen-bond donors (Lipinski definition) is 2. The Morgan fingerprint density at radius 2 is 2.04 bits per heavy atom. The fraction of sp³-hybridized carbons (Fsp3) is 0.688. The van der Waals surface area contributed by atoms with Crippen molar-refractivity contribution in [2.75, 3.05) is 26.3 Å². The summed E-state index contributed by atoms with van der Waals surface area (Å²) in [5, 5.41) is 13.8. The molecule has 1 amide bonds. The first-order chi connectivity index (χ1) is 11.3. The van der Waals surface area contributed by atoms with Crippen molar-refractivity contribution >= 4 is 5.91 Å². The summed E-state index contributed by atoms with van der Waals surface area (Å²) in [5.74, 6) is -0.273. The molecule has 0 bridgehead atoms. The molecule has 1 aromatic heterocycles. The van der Waals surface area contributed by atoms with E-state index in [4.69, 9.17) is 4.74 Å². The number of ether oxygens (including phenoxy) is 1. The predicted octanol–water partition coefficient (Wildman–Crippen LogP) is 0.211. The molecule has 7 heteroatoms. The van der Waals surface area contributed by atoms with Crippen molar-refractivity contribution in [3.05, 3.63) is 24.3 Å². The molecule has 1 saturated heterocycles. The third-order valence-corrected chi connectivity index (χ3v) is 4.70. The van der Waals surface area contributed by atoms with Crippen LogP contribution in [0.3, 0.4) is 0 Å². The molecule has 2 heterocycles. The Hall–Kier alpha value is -1.57. The third kappa shape index (κ3) is 4.04. The smallest absolute Gasteiger partial charge is 0.271 e. The number of carbonyl (C=O) groups excluding carboxylic acids is 1. The quantitative estimate of drug-likeness (QED) is 0.774. The van der Waals surface area contributed by atoms with Crippen LogP contribution in [0.1, 0.15) is 36.2 Å². The number of carbonyl (C=O) groups is 1. The lowest BCUT2D eigenvalue weighted by Crippen LogP contribution is -2.55. The molecule has 7 nitrogen and oxygen atoms in total. The number of amides is 1. The molecule has 0 aromatic carbocycles. The van der Waals surface area contributed by atoms with Gasteiger partial charge in [0.1, 0.15) is 5.69 Å². The summed E-state index contributed by atoms with van der Waals surface area (Å²) in [6.45, 7) is 3.10. The fourth-order valence-corrected chi connectivity index (χ4v) is 3.45. The van der Waals surface area contributed by atoms with Crippen molar-refractivity contribution in [2.45, 2.75) is 43.9 Å². The molecule has 1 aliphatic heterocycles. The summed E-state index contributed by atoms with van der Waals surface area (Å²) in [6, 6.07) is -0.173. The van der Waals surface area contributed by atoms with E-state index in [0.717, 1.165) is 38.8 Å². The lowest BCUT2D eigenvalue weighted by atomic mass is 9.99. The number of aliphatic hydroxyl groups excluding tert-OH is 1. The minimum Gasteiger partial charge on any atom is -0.389 e. The number of nitrogens with zero attached hydrogens (tertiary/aromatic N) is 3. The zero-order valence-corrected chi connectivity index (χ0v) is 13.2. The maximum Gasteiger partial charge on any atom is 0.271 e. The largest absolute Gasteiger partial charge is 0.389 e. The standard InChI is InChI=1S/C16H24N4O3/c21-15-12(19-16(22)13-11-17-5-6-18-13)3-1-2-4-14(15)20-7-9-23-10-8-20/h5-6,11-12,14-15,21H,1-4,7-10H2,(H,19,22)/t12-,14-,15-/m1/s1. The van der Waals surface area contributed by atoms with Gasteiger partial charge in [-0.05, 0) is 12.8 Å². The summed E-state index contributed by atoms with van der Waals surface area (Å²) in [4.78, 5) is 22.5. The lowest BCUT2D eigenvalue weighted by molar-refractivity contribution is -0.0308. The number of aliphatic hydroxyl groups is 1. The average Bonchev–Trinajstić information content (AvgIpc) is 2.78. The molecule has 2 fully saturated rings. The van der Waals surface area contributed by atoms with Gasteiger partial charge in [0.2, 0.25) is 0 Å². The first-order valence-electron chi connectivity index (χ1n) is 8.32. The average molecular weight is 320 g/mol. The topological polar surface area (TPSA) is 87.6 Å². The highest BCUT2D eigenvalue weighted by molar-refractivity contribution is 5.92. The van der Waals surface area contributed by atoms with Gasteiger partial charge in [0, 0.05) is 31.5 Å². The summed E-state index contributed by atoms with van der Waals surface area (Å²) in [5.41, 5.74) is 0.284. The van der Waals surface area contributed by atoms with Crippen molar-refractivity contribution in [2.24, 2.45) is 0 Å². The highest BCUT2D eigenvalue weighted by Gasteiger charge is 2.35. The highest BCUT2D eigenvalue weighted by atomic mass is 16.5. The van der Waals surface area contributed by atoms with E-state index in [2.05, 4.69) is 20.2 Å². The van der Waals surface area contributed by atoms with Crippen molar-refractivity contribution in [3.8, 4) is 0 Å². The zero-order chi connectivity index (χ0) is 16.1. The van der Waals surface area contributed by atoms with Crippen LogP contribution in [-0.4, -0.2) is 70.4 Å². The van der Waals surface area contributed by atoms with Crippen LogP contribution in [0.4, 0.5) is 0 Å². The number of hydrogen-bond acceptors (Lipinski definition) is 6. The molecule has 3 atom stereocenters. The third-order valence-electron chi connectivity index (χ3n) is 4.70. The Labute approximate surface area is 136 Å². The van der Waals surface area contributed by atoms with E-state index in [9.17, 15) is 9.90 Å². The van der Waals surface area contributed by atoms with Gasteiger partial charge in [-0.25, -0.2) is 4.98 Å². The minimum atomic E-state index is -0.573. The van der Waals surface area contributed by atoms with E-state index in [-0.39, 0.29) is 23.7 Å². The first-order valence-corrected chi connectivity index (χ1v) is 8.32. The lowest BCUT2D eigenvalue weighted by Gasteiger charge is -2.38. The van der Waals surface area contributed by atoms with Crippen molar-refractivity contribution in [1.29, 1.82) is 0 Å². The molecule has 1 aliphatic carbocycles. The SMILES string of the molecule is O=C(N[C@@H]1CCCC[C@@H](N2CCOCC2)[C@@H]1O)c1cnccn1. The molecule has 2 aliphatic rings. The van der Waals surface area contributed by atoms with E-state index in [0.29, 0.717) is 13.2 Å². The normalized spacial score (nSPS) is 29.7. The van der Waals surface area contributed by atoms with Crippen molar-refractivity contribution < 1.29 is 14.6 Å². The fourth-order valence-electron chi connectivity index (χ4n) is 3.45. The molecule has 126 valence electrons. The minimum absolute atomic E-state index is 0.0774. The van der Waals surface area contributed by atoms with E-state index in [1.165, 1.54) is 18.6 Å². The molecule has 3 rings (SSSR count). The summed E-state index contributed by atoms with van der Waals surface area (Å²) < 4.78 is 5.40. The van der Waals surface area contributed by atoms with Gasteiger partial charge in [0.15, 0.2) is 0 Å². The van der Waals surface area contributed by atoms with E-state index in [1.807, 2.05) is 0 Å². The van der Waals surface area contributed by atoms with Crippen LogP contribution in [-0.2, 0) is 4.74 Å². The van der Waals surface area contributed by atoms with Crippen LogP contribution in [0.2, 0.25) is 0 Å². The van der Waals surface area contributed by atoms with Gasteiger partial charge in [-0.15, -0.1) is 0 Å². The highest BCUT2D eigenvalue weighted by Crippen LogP contribution is 2.24. The van der Waals surface area contributed by atoms with E-state index in [1.54, 1.807) is 0 Å². The van der Waals surface area contributed by atoms with Gasteiger partial charge in [0.05, 0.1) is 31.6 Å². The monoisotopic (exact) mass is 320 g/mol. The molecule has 0 unspecified atom stereocenters. The Morgan fingerprint density at radius 3 is 2.78 bits per heavy atom. The Morgan fingerprint density at radius 1 is 1.26 bits per heavy atom. The summed E-state index contributed by atoms with van der Waals surface area (Å²) in [6.07, 6.45) is 7.71. The molecule has 23 heavy (non-hydrogen) atoms. The van der Waals surface area contributed by atoms with Gasteiger partial charge < -0.3 is 15.2 Å². The predicted molar refractivity (Wildman–Crippen MR) is 83.9 cm³/mol. The maximum absolute atomic E-state index is 12.3. The second-order valence-electron chi connectivity index (χ2n) is 6.16. The van der Waals surface area contributed by atoms with Gasteiger partial charge >= 0.3 is 0 Å². The second-order valence-corrected chi connectivity index (χ2v) is 6.16. The van der Waals surface area contributed by atoms with Crippen LogP contribution < -0.4 is 5.32 Å². The van der Waals surface area contributed by atoms with Crippen LogP contribution in [0.5, 0.6) is 0 Å². The van der Waals surface area contributed by atoms with Crippen LogP contribution >= 0.6 is 0 Å². The van der Waals surface area contributed by atoms with Gasteiger partial charge in [-0.2, -0.15) is 0 Å². The number of rotatable bonds is 3. The molecule has 1 aromatic rings. The molecule has 2 N–H and O–H groups in total. The molecule has 0 spiro atoms. The molecule has 1 saturated carbocycles. The Kier molecular flexibility index (Phi) is 5.53. The first kappa shape index (κ1) is 16.3. The molecule has 0 radical (unpaired) electrons. The van der Waals surface area contributed by atoms with Crippen molar-refractivity contribution in [1.82, 2.24) is 20.2 Å². The van der Waals surface area contributed by atoms with Crippen LogP contribution in [0, 0.1) is 0 Å². The number of aromatic nitrogens is 2. The summed E-state index contributed by atoms with van der Waals surface area (Å²) in [7, 11) is 0. The summed E-state index contributed by atoms with van der Waals surface area (Å²) >= 11 is 0. The van der Waals surface area contributed by atoms with Gasteiger partial charge in [0.25, 0.3) is 5.91 Å².